The molecule has 0 N–H and O–H groups in total. The summed E-state index contributed by atoms with van der Waals surface area (Å²) in [6.45, 7) is 24.3. The molecule has 0 heterocycles. The number of hydrogen-bond acceptors (Lipinski definition) is 0. The molecule has 0 amide bonds. The summed E-state index contributed by atoms with van der Waals surface area (Å²) in [4.78, 5) is 3.42. The van der Waals surface area contributed by atoms with Crippen LogP contribution in [0.5, 0.6) is 0 Å². The van der Waals surface area contributed by atoms with Gasteiger partial charge in [-0.2, -0.15) is 0 Å². The minimum atomic E-state index is 0.794. The van der Waals surface area contributed by atoms with Crippen molar-refractivity contribution >= 4 is 46.4 Å². The van der Waals surface area contributed by atoms with Crippen molar-refractivity contribution in [2.75, 3.05) is 0 Å². The van der Waals surface area contributed by atoms with E-state index >= 15 is 0 Å². The zero-order valence-corrected chi connectivity index (χ0v) is 15.4. The first-order valence-corrected chi connectivity index (χ1v) is 11.2. The maximum atomic E-state index is 7.50. The van der Waals surface area contributed by atoms with Crippen LogP contribution >= 0.6 is 40.7 Å². The van der Waals surface area contributed by atoms with Crippen LogP contribution in [-0.4, -0.2) is 0 Å². The van der Waals surface area contributed by atoms with E-state index in [0.717, 1.165) is 16.8 Å². The summed E-state index contributed by atoms with van der Waals surface area (Å²) in [6, 6.07) is 5.89. The first-order chi connectivity index (χ1) is 9.17. The quantitative estimate of drug-likeness (QED) is 0.207. The number of hydrogen-bond donors (Lipinski definition) is 0. The Morgan fingerprint density at radius 1 is 0.947 bits per heavy atom. The molecule has 0 bridgehead atoms. The Balaban J connectivity index is -0.000000106. The van der Waals surface area contributed by atoms with E-state index in [1.165, 1.54) is 8.46 Å². The van der Waals surface area contributed by atoms with Crippen LogP contribution in [0.4, 0.5) is 5.69 Å². The Bertz CT molecular complexity index is 391. The van der Waals surface area contributed by atoms with Crippen molar-refractivity contribution < 1.29 is 22.4 Å². The van der Waals surface area contributed by atoms with E-state index in [2.05, 4.69) is 65.5 Å². The van der Waals surface area contributed by atoms with Gasteiger partial charge >= 0.3 is 83.1 Å². The van der Waals surface area contributed by atoms with Gasteiger partial charge in [-0.15, -0.1) is 0 Å². The third kappa shape index (κ3) is 17.9. The van der Waals surface area contributed by atoms with Crippen LogP contribution in [0, 0.1) is 40.4 Å². The molecular formula is C12H9FeI2NO3. The van der Waals surface area contributed by atoms with Crippen molar-refractivity contribution in [3.63, 3.8) is 0 Å². The van der Waals surface area contributed by atoms with Gasteiger partial charge in [0.05, 0.1) is 6.57 Å². The molecule has 0 saturated carbocycles. The summed E-state index contributed by atoms with van der Waals surface area (Å²) in [6.07, 6.45) is 0. The van der Waals surface area contributed by atoms with E-state index in [0.29, 0.717) is 0 Å². The second-order valence-corrected chi connectivity index (χ2v) is 11.7. The normalized spacial score (nSPS) is 6.16. The molecule has 102 valence electrons. The second kappa shape index (κ2) is 26.5. The van der Waals surface area contributed by atoms with Crippen LogP contribution in [0.2, 0.25) is 0 Å². The van der Waals surface area contributed by atoms with Gasteiger partial charge in [-0.05, 0) is 25.0 Å². The molecule has 0 unspecified atom stereocenters. The number of para-hydroxylation sites is 1. The van der Waals surface area contributed by atoms with E-state index in [1.54, 1.807) is 0 Å². The van der Waals surface area contributed by atoms with Crippen LogP contribution in [0.25, 0.3) is 4.85 Å². The fourth-order valence-corrected chi connectivity index (χ4v) is 0.982. The molecule has 1 aromatic rings. The Labute approximate surface area is 142 Å². The number of nitrogens with zero attached hydrogens (tertiary/aromatic N) is 1. The van der Waals surface area contributed by atoms with Crippen LogP contribution in [0.1, 0.15) is 11.1 Å². The number of benzene rings is 1. The fourth-order valence-electron chi connectivity index (χ4n) is 0.982. The summed E-state index contributed by atoms with van der Waals surface area (Å²) in [5, 5.41) is 0. The van der Waals surface area contributed by atoms with E-state index < -0.39 is 0 Å². The van der Waals surface area contributed by atoms with Gasteiger partial charge in [0.1, 0.15) is 0 Å². The van der Waals surface area contributed by atoms with Crippen LogP contribution in [0.3, 0.4) is 0 Å². The number of halogens is 2. The average molecular weight is 525 g/mol. The SMILES string of the molecule is [C-]#[N+]c1c(C)cccc1C.[C-]#[O+].[C-]#[O+].[C-]#[O+].[I][Fe][I]. The van der Waals surface area contributed by atoms with E-state index in [4.69, 9.17) is 20.5 Å². The molecule has 0 radical (unpaired) electrons. The van der Waals surface area contributed by atoms with Gasteiger partial charge in [-0.1, -0.05) is 18.2 Å². The molecule has 0 aromatic heterocycles. The Morgan fingerprint density at radius 3 is 1.37 bits per heavy atom. The number of rotatable bonds is 0. The molecule has 0 spiro atoms. The van der Waals surface area contributed by atoms with Gasteiger partial charge in [0.15, 0.2) is 5.69 Å². The average Bonchev–Trinajstić information content (AvgIpc) is 2.46. The van der Waals surface area contributed by atoms with Gasteiger partial charge in [-0.25, -0.2) is 4.85 Å². The Morgan fingerprint density at radius 2 is 1.21 bits per heavy atom. The minimum absolute atomic E-state index is 0.794. The van der Waals surface area contributed by atoms with Gasteiger partial charge in [0, 0.05) is 0 Å². The third-order valence-corrected chi connectivity index (χ3v) is 1.55. The first kappa shape index (κ1) is 27.3. The van der Waals surface area contributed by atoms with Crippen molar-refractivity contribution in [1.82, 2.24) is 0 Å². The molecule has 1 aromatic carbocycles. The van der Waals surface area contributed by atoms with Gasteiger partial charge < -0.3 is 0 Å². The van der Waals surface area contributed by atoms with Crippen molar-refractivity contribution in [3.05, 3.63) is 60.7 Å². The van der Waals surface area contributed by atoms with Crippen molar-refractivity contribution in [2.45, 2.75) is 13.8 Å². The maximum absolute atomic E-state index is 7.50. The predicted molar refractivity (Wildman–Crippen MR) is 82.0 cm³/mol. The van der Waals surface area contributed by atoms with Crippen molar-refractivity contribution in [3.8, 4) is 0 Å². The summed E-state index contributed by atoms with van der Waals surface area (Å²) in [7, 11) is 1.19. The Kier molecular flexibility index (Phi) is 38.0. The Hall–Kier alpha value is -0.0905. The standard InChI is InChI=1S/C9H9N.3CO.Fe.2HI/c1-7-5-4-6-8(2)9(7)10-3;3*1-2;;;/h4-6H,1-2H3;;;;;2*1H/q;;;;+2;;/p-2. The summed E-state index contributed by atoms with van der Waals surface area (Å²) < 4.78 is 22.5. The second-order valence-electron chi connectivity index (χ2n) is 2.40. The summed E-state index contributed by atoms with van der Waals surface area (Å²) in [5.41, 5.74) is 2.92. The van der Waals surface area contributed by atoms with Crippen LogP contribution in [-0.2, 0) is 22.4 Å². The third-order valence-electron chi connectivity index (χ3n) is 1.55. The molecule has 1 rings (SSSR count). The topological polar surface area (TPSA) is 64.1 Å². The summed E-state index contributed by atoms with van der Waals surface area (Å²) >= 11 is 4.55. The van der Waals surface area contributed by atoms with Gasteiger partial charge in [0.25, 0.3) is 0 Å². The zero-order chi connectivity index (χ0) is 16.3. The molecule has 0 atom stereocenters. The molecule has 0 fully saturated rings. The van der Waals surface area contributed by atoms with Crippen LogP contribution < -0.4 is 0 Å². The first-order valence-electron chi connectivity index (χ1n) is 4.07. The van der Waals surface area contributed by atoms with Gasteiger partial charge in [0.2, 0.25) is 0 Å². The van der Waals surface area contributed by atoms with Crippen molar-refractivity contribution in [1.29, 1.82) is 0 Å². The van der Waals surface area contributed by atoms with E-state index in [1.807, 2.05) is 32.0 Å². The van der Waals surface area contributed by atoms with E-state index in [9.17, 15) is 0 Å². The van der Waals surface area contributed by atoms with Crippen molar-refractivity contribution in [2.24, 2.45) is 0 Å². The number of aryl methyl sites for hydroxylation is 2. The van der Waals surface area contributed by atoms with E-state index in [-0.39, 0.29) is 0 Å². The van der Waals surface area contributed by atoms with Crippen LogP contribution in [0.15, 0.2) is 18.2 Å². The molecule has 7 heteroatoms. The summed E-state index contributed by atoms with van der Waals surface area (Å²) in [5.74, 6) is 0. The molecule has 4 nitrogen and oxygen atoms in total. The fraction of sp³-hybridized carbons (Fsp3) is 0.167. The molecular weight excluding hydrogens is 516 g/mol. The molecule has 0 aliphatic rings. The molecule has 0 aliphatic carbocycles. The molecule has 0 aliphatic heterocycles. The predicted octanol–water partition coefficient (Wildman–Crippen LogP) is 4.51. The monoisotopic (exact) mass is 525 g/mol. The molecule has 0 saturated heterocycles. The molecule has 19 heavy (non-hydrogen) atoms. The zero-order valence-electron chi connectivity index (χ0n) is 10.0. The van der Waals surface area contributed by atoms with Gasteiger partial charge in [-0.3, -0.25) is 0 Å².